The lowest BCUT2D eigenvalue weighted by atomic mass is 10.3. The van der Waals surface area contributed by atoms with Gasteiger partial charge >= 0.3 is 12.0 Å². The van der Waals surface area contributed by atoms with E-state index in [-0.39, 0.29) is 4.70 Å². The predicted molar refractivity (Wildman–Crippen MR) is 31.4 cm³/mol. The van der Waals surface area contributed by atoms with Crippen LogP contribution in [0.1, 0.15) is 10.4 Å². The number of hydrogen-bond acceptors (Lipinski definition) is 3. The van der Waals surface area contributed by atoms with Crippen LogP contribution in [0.4, 0.5) is 17.9 Å². The van der Waals surface area contributed by atoms with Crippen LogP contribution in [0.3, 0.4) is 0 Å². The van der Waals surface area contributed by atoms with E-state index in [1.54, 1.807) is 0 Å². The summed E-state index contributed by atoms with van der Waals surface area (Å²) >= 11 is 0. The van der Waals surface area contributed by atoms with Gasteiger partial charge < -0.3 is 5.11 Å². The highest BCUT2D eigenvalue weighted by molar-refractivity contribution is 5.87. The van der Waals surface area contributed by atoms with Crippen LogP contribution in [0.5, 0.6) is 0 Å². The second-order valence-corrected chi connectivity index (χ2v) is 1.75. The lowest BCUT2D eigenvalue weighted by Crippen LogP contribution is -2.10. The lowest BCUT2D eigenvalue weighted by Gasteiger charge is -1.96. The molecule has 0 aliphatic heterocycles. The van der Waals surface area contributed by atoms with Crippen molar-refractivity contribution >= 4 is 5.97 Å². The van der Waals surface area contributed by atoms with Crippen LogP contribution in [0, 0.1) is 18.0 Å². The number of carboxylic acids is 1. The fraction of sp³-hybridized carbons (Fsp3) is 0. The third-order valence-corrected chi connectivity index (χ3v) is 1.01. The Bertz CT molecular complexity index is 320. The molecule has 0 aliphatic rings. The number of halogens is 4. The first-order valence-electron chi connectivity index (χ1n) is 2.64. The second-order valence-electron chi connectivity index (χ2n) is 1.75. The Hall–Kier alpha value is -1.73. The van der Waals surface area contributed by atoms with Crippen LogP contribution in [0.15, 0.2) is 0 Å². The molecule has 4 nitrogen and oxygen atoms in total. The Kier molecular flexibility index (Phi) is 3.28. The quantitative estimate of drug-likeness (QED) is 0.410. The monoisotopic (exact) mass is 198 g/mol. The third kappa shape index (κ3) is 2.10. The Morgan fingerprint density at radius 2 is 1.54 bits per heavy atom. The van der Waals surface area contributed by atoms with Crippen LogP contribution in [0.2, 0.25) is 0 Å². The first-order valence-corrected chi connectivity index (χ1v) is 2.64. The molecule has 0 saturated carbocycles. The maximum absolute atomic E-state index is 12.4. The van der Waals surface area contributed by atoms with Gasteiger partial charge in [0.15, 0.2) is 5.56 Å². The molecular formula is C5H2F4N2O2. The molecule has 8 heteroatoms. The average Bonchev–Trinajstić information content (AvgIpc) is 1.82. The zero-order valence-corrected chi connectivity index (χ0v) is 5.79. The number of carboxylic acid groups (broad SMARTS) is 1. The molecule has 0 radical (unpaired) electrons. The number of hydrogen-bond donors (Lipinski definition) is 1. The highest BCUT2D eigenvalue weighted by atomic mass is 19.2. The van der Waals surface area contributed by atoms with Crippen LogP contribution in [0.25, 0.3) is 0 Å². The normalized spacial score (nSPS) is 9.15. The van der Waals surface area contributed by atoms with Crippen molar-refractivity contribution in [2.75, 3.05) is 0 Å². The van der Waals surface area contributed by atoms with Crippen molar-refractivity contribution in [1.82, 2.24) is 9.97 Å². The molecule has 0 spiro atoms. The van der Waals surface area contributed by atoms with Gasteiger partial charge in [-0.15, -0.1) is 0 Å². The maximum Gasteiger partial charge on any atom is 0.345 e. The molecule has 1 rings (SSSR count). The molecule has 0 bridgehead atoms. The molecule has 0 aliphatic carbocycles. The van der Waals surface area contributed by atoms with Crippen molar-refractivity contribution in [1.29, 1.82) is 0 Å². The Morgan fingerprint density at radius 1 is 1.15 bits per heavy atom. The first-order chi connectivity index (χ1) is 5.52. The predicted octanol–water partition coefficient (Wildman–Crippen LogP) is 0.745. The Morgan fingerprint density at radius 3 is 1.85 bits per heavy atom. The maximum atomic E-state index is 12.4. The molecule has 1 aromatic heterocycles. The molecule has 0 aromatic carbocycles. The molecule has 0 saturated heterocycles. The van der Waals surface area contributed by atoms with Gasteiger partial charge in [0.2, 0.25) is 11.9 Å². The summed E-state index contributed by atoms with van der Waals surface area (Å²) < 4.78 is 36.7. The molecule has 1 aromatic rings. The van der Waals surface area contributed by atoms with E-state index >= 15 is 0 Å². The summed E-state index contributed by atoms with van der Waals surface area (Å²) in [4.78, 5) is 14.9. The fourth-order valence-electron chi connectivity index (χ4n) is 0.560. The van der Waals surface area contributed by atoms with Crippen molar-refractivity contribution in [2.45, 2.75) is 0 Å². The molecular weight excluding hydrogens is 196 g/mol. The topological polar surface area (TPSA) is 63.1 Å². The van der Waals surface area contributed by atoms with E-state index in [4.69, 9.17) is 5.11 Å². The van der Waals surface area contributed by atoms with Crippen LogP contribution >= 0.6 is 0 Å². The first kappa shape index (κ1) is 11.3. The third-order valence-electron chi connectivity index (χ3n) is 1.01. The number of carbonyl (C=O) groups is 1. The summed E-state index contributed by atoms with van der Waals surface area (Å²) in [5.41, 5.74) is -1.36. The van der Waals surface area contributed by atoms with Gasteiger partial charge in [0, 0.05) is 0 Å². The Balaban J connectivity index is 0.00000144. The Labute approximate surface area is 68.4 Å². The van der Waals surface area contributed by atoms with E-state index in [9.17, 15) is 18.0 Å². The number of aromatic nitrogens is 2. The van der Waals surface area contributed by atoms with Gasteiger partial charge in [-0.3, -0.25) is 4.70 Å². The lowest BCUT2D eigenvalue weighted by molar-refractivity contribution is 0.0683. The van der Waals surface area contributed by atoms with E-state index in [0.717, 1.165) is 0 Å². The van der Waals surface area contributed by atoms with Gasteiger partial charge in [-0.05, 0) is 0 Å². The highest BCUT2D eigenvalue weighted by Gasteiger charge is 2.20. The minimum absolute atomic E-state index is 0. The van der Waals surface area contributed by atoms with Gasteiger partial charge in [0.25, 0.3) is 0 Å². The van der Waals surface area contributed by atoms with Gasteiger partial charge in [0.05, 0.1) is 0 Å². The summed E-state index contributed by atoms with van der Waals surface area (Å²) in [7, 11) is 0. The fourth-order valence-corrected chi connectivity index (χ4v) is 0.560. The molecule has 13 heavy (non-hydrogen) atoms. The summed E-state index contributed by atoms with van der Waals surface area (Å²) in [6.07, 6.45) is -1.64. The van der Waals surface area contributed by atoms with Crippen molar-refractivity contribution in [3.05, 3.63) is 23.5 Å². The van der Waals surface area contributed by atoms with Gasteiger partial charge in [-0.1, -0.05) is 0 Å². The minimum Gasteiger partial charge on any atom is -0.477 e. The van der Waals surface area contributed by atoms with Crippen molar-refractivity contribution in [3.8, 4) is 0 Å². The average molecular weight is 198 g/mol. The van der Waals surface area contributed by atoms with Gasteiger partial charge in [0.1, 0.15) is 0 Å². The van der Waals surface area contributed by atoms with Crippen LogP contribution in [-0.4, -0.2) is 21.0 Å². The van der Waals surface area contributed by atoms with E-state index in [2.05, 4.69) is 9.97 Å². The van der Waals surface area contributed by atoms with E-state index in [1.165, 1.54) is 0 Å². The number of rotatable bonds is 1. The molecule has 72 valence electrons. The summed E-state index contributed by atoms with van der Waals surface area (Å²) in [5, 5.41) is 8.15. The van der Waals surface area contributed by atoms with Crippen LogP contribution < -0.4 is 0 Å². The van der Waals surface area contributed by atoms with Crippen molar-refractivity contribution in [3.63, 3.8) is 0 Å². The molecule has 1 heterocycles. The molecule has 0 atom stereocenters. The van der Waals surface area contributed by atoms with Crippen LogP contribution in [-0.2, 0) is 0 Å². The summed E-state index contributed by atoms with van der Waals surface area (Å²) in [6.45, 7) is 0. The SMILES string of the molecule is F.O=C(O)c1c(F)nc(F)nc1F. The minimum atomic E-state index is -1.88. The second kappa shape index (κ2) is 3.78. The van der Waals surface area contributed by atoms with Gasteiger partial charge in [-0.2, -0.15) is 23.1 Å². The molecule has 0 unspecified atom stereocenters. The van der Waals surface area contributed by atoms with Crippen molar-refractivity contribution in [2.24, 2.45) is 0 Å². The largest absolute Gasteiger partial charge is 0.477 e. The standard InChI is InChI=1S/C5HF3N2O2.FH/c6-2-1(4(11)12)3(7)10-5(8)9-2;/h(H,11,12);1H. The zero-order chi connectivity index (χ0) is 9.30. The number of aromatic carboxylic acids is 1. The zero-order valence-electron chi connectivity index (χ0n) is 5.79. The number of nitrogens with zero attached hydrogens (tertiary/aromatic N) is 2. The van der Waals surface area contributed by atoms with Gasteiger partial charge in [-0.25, -0.2) is 4.79 Å². The smallest absolute Gasteiger partial charge is 0.345 e. The molecule has 1 N–H and O–H groups in total. The van der Waals surface area contributed by atoms with Crippen molar-refractivity contribution < 1.29 is 27.8 Å². The molecule has 0 fully saturated rings. The summed E-state index contributed by atoms with van der Waals surface area (Å²) in [6, 6.07) is 0. The van der Waals surface area contributed by atoms with E-state index in [1.807, 2.05) is 0 Å². The summed E-state index contributed by atoms with van der Waals surface area (Å²) in [5.74, 6) is -5.34. The highest BCUT2D eigenvalue weighted by Crippen LogP contribution is 2.07. The van der Waals surface area contributed by atoms with E-state index < -0.39 is 29.5 Å². The molecule has 0 amide bonds. The van der Waals surface area contributed by atoms with E-state index in [0.29, 0.717) is 0 Å².